The van der Waals surface area contributed by atoms with Crippen molar-refractivity contribution in [2.24, 2.45) is 9.98 Å². The van der Waals surface area contributed by atoms with E-state index in [4.69, 9.17) is 0 Å². The molecule has 0 amide bonds. The Morgan fingerprint density at radius 3 is 3.00 bits per heavy atom. The van der Waals surface area contributed by atoms with E-state index < -0.39 is 0 Å². The lowest BCUT2D eigenvalue weighted by Gasteiger charge is -2.25. The van der Waals surface area contributed by atoms with E-state index in [1.54, 1.807) is 12.3 Å². The van der Waals surface area contributed by atoms with E-state index in [9.17, 15) is 5.11 Å². The molecule has 5 nitrogen and oxygen atoms in total. The molecule has 0 fully saturated rings. The summed E-state index contributed by atoms with van der Waals surface area (Å²) >= 11 is 0. The number of rotatable bonds is 2. The molecule has 2 aliphatic heterocycles. The minimum Gasteiger partial charge on any atom is -0.506 e. The third kappa shape index (κ3) is 1.94. The minimum absolute atomic E-state index is 0.171. The summed E-state index contributed by atoms with van der Waals surface area (Å²) < 4.78 is 0. The highest BCUT2D eigenvalue weighted by atomic mass is 16.3. The first kappa shape index (κ1) is 12.0. The Bertz CT molecular complexity index is 771. The van der Waals surface area contributed by atoms with Crippen molar-refractivity contribution in [3.05, 3.63) is 59.9 Å². The number of H-pyrrole nitrogens is 1. The van der Waals surface area contributed by atoms with Gasteiger partial charge < -0.3 is 15.0 Å². The van der Waals surface area contributed by atoms with Crippen LogP contribution in [0.4, 0.5) is 5.69 Å². The Balaban J connectivity index is 1.81. The van der Waals surface area contributed by atoms with Gasteiger partial charge in [-0.25, -0.2) is 4.99 Å². The molecule has 5 heteroatoms. The van der Waals surface area contributed by atoms with Gasteiger partial charge in [-0.1, -0.05) is 12.1 Å². The Labute approximate surface area is 122 Å². The summed E-state index contributed by atoms with van der Waals surface area (Å²) in [6, 6.07) is 11.6. The highest BCUT2D eigenvalue weighted by molar-refractivity contribution is 6.19. The molecule has 2 aliphatic rings. The molecule has 2 N–H and O–H groups in total. The fourth-order valence-corrected chi connectivity index (χ4v) is 2.64. The summed E-state index contributed by atoms with van der Waals surface area (Å²) in [5.41, 5.74) is 2.61. The monoisotopic (exact) mass is 278 g/mol. The van der Waals surface area contributed by atoms with Crippen LogP contribution in [-0.4, -0.2) is 39.8 Å². The molecule has 2 aromatic rings. The number of aliphatic hydroxyl groups is 1. The predicted octanol–water partition coefficient (Wildman–Crippen LogP) is 2.72. The van der Waals surface area contributed by atoms with Gasteiger partial charge >= 0.3 is 0 Å². The molecule has 4 rings (SSSR count). The van der Waals surface area contributed by atoms with E-state index in [0.29, 0.717) is 5.69 Å². The zero-order valence-corrected chi connectivity index (χ0v) is 11.3. The summed E-state index contributed by atoms with van der Waals surface area (Å²) in [4.78, 5) is 14.2. The van der Waals surface area contributed by atoms with Gasteiger partial charge in [0.05, 0.1) is 17.9 Å². The highest BCUT2D eigenvalue weighted by Crippen LogP contribution is 2.29. The molecule has 1 aromatic heterocycles. The van der Waals surface area contributed by atoms with Crippen LogP contribution in [0.15, 0.2) is 58.7 Å². The van der Waals surface area contributed by atoms with Gasteiger partial charge in [0.15, 0.2) is 0 Å². The van der Waals surface area contributed by atoms with Crippen LogP contribution in [0.3, 0.4) is 0 Å². The first-order chi connectivity index (χ1) is 10.3. The number of hydrogen-bond donors (Lipinski definition) is 2. The van der Waals surface area contributed by atoms with Crippen LogP contribution in [0.5, 0.6) is 0 Å². The number of nitrogens with one attached hydrogen (secondary N) is 1. The van der Waals surface area contributed by atoms with E-state index in [-0.39, 0.29) is 5.76 Å². The third-order valence-electron chi connectivity index (χ3n) is 3.64. The molecule has 0 bridgehead atoms. The summed E-state index contributed by atoms with van der Waals surface area (Å²) in [5, 5.41) is 10.2. The minimum atomic E-state index is 0.171. The second-order valence-corrected chi connectivity index (χ2v) is 4.96. The van der Waals surface area contributed by atoms with Gasteiger partial charge in [-0.3, -0.25) is 4.99 Å². The van der Waals surface area contributed by atoms with Crippen molar-refractivity contribution >= 4 is 23.1 Å². The second kappa shape index (κ2) is 4.63. The van der Waals surface area contributed by atoms with Crippen LogP contribution in [0, 0.1) is 0 Å². The Kier molecular flexibility index (Phi) is 2.64. The van der Waals surface area contributed by atoms with Crippen LogP contribution in [0.25, 0.3) is 5.76 Å². The van der Waals surface area contributed by atoms with Gasteiger partial charge in [-0.15, -0.1) is 0 Å². The van der Waals surface area contributed by atoms with Gasteiger partial charge in [0, 0.05) is 24.4 Å². The first-order valence-corrected chi connectivity index (χ1v) is 6.87. The first-order valence-electron chi connectivity index (χ1n) is 6.87. The number of amidine groups is 2. The van der Waals surface area contributed by atoms with Crippen molar-refractivity contribution in [3.8, 4) is 0 Å². The largest absolute Gasteiger partial charge is 0.506 e. The van der Waals surface area contributed by atoms with Crippen molar-refractivity contribution in [1.82, 2.24) is 9.88 Å². The molecular formula is C16H14N4O. The number of aliphatic imine (C=N–C) groups is 2. The number of fused-ring (bicyclic) bond motifs is 3. The quantitative estimate of drug-likeness (QED) is 0.830. The Morgan fingerprint density at radius 1 is 1.24 bits per heavy atom. The Morgan fingerprint density at radius 2 is 2.14 bits per heavy atom. The van der Waals surface area contributed by atoms with Crippen LogP contribution in [-0.2, 0) is 0 Å². The molecule has 0 atom stereocenters. The van der Waals surface area contributed by atoms with Crippen molar-refractivity contribution in [1.29, 1.82) is 0 Å². The fourth-order valence-electron chi connectivity index (χ4n) is 2.64. The molecule has 0 radical (unpaired) electrons. The molecule has 0 spiro atoms. The van der Waals surface area contributed by atoms with Crippen LogP contribution >= 0.6 is 0 Å². The topological polar surface area (TPSA) is 64.0 Å². The normalized spacial score (nSPS) is 17.1. The van der Waals surface area contributed by atoms with Crippen molar-refractivity contribution in [2.45, 2.75) is 0 Å². The maximum absolute atomic E-state index is 10.2. The number of aliphatic hydroxyl groups excluding tert-OH is 1. The van der Waals surface area contributed by atoms with Gasteiger partial charge in [-0.2, -0.15) is 0 Å². The fraction of sp³-hybridized carbons (Fsp3) is 0.125. The lowest BCUT2D eigenvalue weighted by atomic mass is 10.1. The number of aromatic nitrogens is 1. The maximum Gasteiger partial charge on any atom is 0.142 e. The summed E-state index contributed by atoms with van der Waals surface area (Å²) in [6.07, 6.45) is 3.46. The number of nitrogens with zero attached hydrogens (tertiary/aromatic N) is 3. The zero-order chi connectivity index (χ0) is 14.2. The SMILES string of the molecule is O/C(=C\C1=Nc2ccccc2C2=NCCN12)c1ccc[nH]1. The molecule has 104 valence electrons. The molecule has 3 heterocycles. The average Bonchev–Trinajstić information content (AvgIpc) is 3.19. The molecule has 0 saturated heterocycles. The van der Waals surface area contributed by atoms with Crippen LogP contribution in [0.2, 0.25) is 0 Å². The average molecular weight is 278 g/mol. The van der Waals surface area contributed by atoms with E-state index in [2.05, 4.69) is 15.0 Å². The molecule has 0 saturated carbocycles. The van der Waals surface area contributed by atoms with Gasteiger partial charge in [-0.05, 0) is 24.3 Å². The smallest absolute Gasteiger partial charge is 0.142 e. The second-order valence-electron chi connectivity index (χ2n) is 4.96. The molecule has 21 heavy (non-hydrogen) atoms. The van der Waals surface area contributed by atoms with Crippen LogP contribution < -0.4 is 0 Å². The van der Waals surface area contributed by atoms with E-state index >= 15 is 0 Å². The van der Waals surface area contributed by atoms with Crippen LogP contribution in [0.1, 0.15) is 11.3 Å². The number of aromatic amines is 1. The lowest BCUT2D eigenvalue weighted by Crippen LogP contribution is -2.36. The van der Waals surface area contributed by atoms with Crippen molar-refractivity contribution in [3.63, 3.8) is 0 Å². The maximum atomic E-state index is 10.2. The Hall–Kier alpha value is -2.82. The molecule has 0 aliphatic carbocycles. The number of hydrogen-bond acceptors (Lipinski definition) is 4. The molecular weight excluding hydrogens is 264 g/mol. The third-order valence-corrected chi connectivity index (χ3v) is 3.64. The van der Waals surface area contributed by atoms with E-state index in [1.165, 1.54) is 0 Å². The number of benzene rings is 1. The molecule has 0 unspecified atom stereocenters. The van der Waals surface area contributed by atoms with E-state index in [1.807, 2.05) is 41.3 Å². The molecule has 1 aromatic carbocycles. The lowest BCUT2D eigenvalue weighted by molar-refractivity contribution is 0.508. The summed E-state index contributed by atoms with van der Waals surface area (Å²) in [7, 11) is 0. The van der Waals surface area contributed by atoms with E-state index in [0.717, 1.165) is 36.0 Å². The van der Waals surface area contributed by atoms with Crippen molar-refractivity contribution in [2.75, 3.05) is 13.1 Å². The van der Waals surface area contributed by atoms with Crippen molar-refractivity contribution < 1.29 is 5.11 Å². The summed E-state index contributed by atoms with van der Waals surface area (Å²) in [6.45, 7) is 1.54. The summed E-state index contributed by atoms with van der Waals surface area (Å²) in [5.74, 6) is 1.83. The van der Waals surface area contributed by atoms with Gasteiger partial charge in [0.1, 0.15) is 17.4 Å². The highest BCUT2D eigenvalue weighted by Gasteiger charge is 2.28. The standard InChI is InChI=1S/C16H14N4O/c21-14(13-6-3-7-17-13)10-15-19-12-5-2-1-4-11(12)16-18-8-9-20(15)16/h1-7,10,17,21H,8-9H2/b14-10-. The number of para-hydroxylation sites is 1. The predicted molar refractivity (Wildman–Crippen MR) is 83.0 cm³/mol. The van der Waals surface area contributed by atoms with Gasteiger partial charge in [0.25, 0.3) is 0 Å². The van der Waals surface area contributed by atoms with Gasteiger partial charge in [0.2, 0.25) is 0 Å². The zero-order valence-electron chi connectivity index (χ0n) is 11.3.